The number of hydrogen-bond acceptors (Lipinski definition) is 2. The van der Waals surface area contributed by atoms with Gasteiger partial charge in [0.15, 0.2) is 0 Å². The Morgan fingerprint density at radius 2 is 2.24 bits per heavy atom. The molecule has 0 spiro atoms. The molecule has 1 amide bonds. The lowest BCUT2D eigenvalue weighted by atomic mass is 10.1. The topological polar surface area (TPSA) is 29.5 Å². The Morgan fingerprint density at radius 1 is 1.59 bits per heavy atom. The molecule has 2 atom stereocenters. The van der Waals surface area contributed by atoms with Crippen LogP contribution in [-0.4, -0.2) is 28.7 Å². The minimum Gasteiger partial charge on any atom is -0.444 e. The first-order valence-electron chi connectivity index (χ1n) is 5.97. The molecule has 1 rings (SSSR count). The average Bonchev–Trinajstić information content (AvgIpc) is 2.58. The van der Waals surface area contributed by atoms with E-state index in [4.69, 9.17) is 11.2 Å². The molecule has 1 aliphatic rings. The van der Waals surface area contributed by atoms with Gasteiger partial charge in [-0.3, -0.25) is 4.90 Å². The molecule has 1 saturated heterocycles. The van der Waals surface area contributed by atoms with Crippen LogP contribution >= 0.6 is 0 Å². The van der Waals surface area contributed by atoms with Gasteiger partial charge in [-0.05, 0) is 40.0 Å². The van der Waals surface area contributed by atoms with Crippen molar-refractivity contribution in [3.05, 3.63) is 12.7 Å². The molecule has 0 aromatic carbocycles. The summed E-state index contributed by atoms with van der Waals surface area (Å²) >= 11 is 0. The summed E-state index contributed by atoms with van der Waals surface area (Å²) in [5.41, 5.74) is -0.489. The fourth-order valence-electron chi connectivity index (χ4n) is 2.06. The fourth-order valence-corrected chi connectivity index (χ4v) is 2.06. The highest BCUT2D eigenvalue weighted by molar-refractivity contribution is 5.70. The average molecular weight is 235 g/mol. The van der Waals surface area contributed by atoms with Crippen LogP contribution in [0.3, 0.4) is 0 Å². The predicted molar refractivity (Wildman–Crippen MR) is 68.5 cm³/mol. The van der Waals surface area contributed by atoms with Gasteiger partial charge in [-0.15, -0.1) is 13.0 Å². The maximum atomic E-state index is 12.1. The third-order valence-electron chi connectivity index (χ3n) is 2.74. The van der Waals surface area contributed by atoms with Crippen molar-refractivity contribution < 1.29 is 9.53 Å². The predicted octanol–water partition coefficient (Wildman–Crippen LogP) is 2.96. The second-order valence-electron chi connectivity index (χ2n) is 5.33. The van der Waals surface area contributed by atoms with Crippen molar-refractivity contribution in [1.82, 2.24) is 4.90 Å². The van der Waals surface area contributed by atoms with E-state index in [0.717, 1.165) is 19.3 Å². The standard InChI is InChI=1S/C14H21NO2/c1-6-8-12-10-9-11(7-2)15(12)13(16)17-14(3,4)5/h2,6,11-12H,1,8-10H2,3-5H3. The van der Waals surface area contributed by atoms with Crippen LogP contribution in [0.5, 0.6) is 0 Å². The maximum Gasteiger partial charge on any atom is 0.411 e. The zero-order valence-electron chi connectivity index (χ0n) is 10.9. The molecule has 0 N–H and O–H groups in total. The van der Waals surface area contributed by atoms with E-state index in [9.17, 15) is 4.79 Å². The second kappa shape index (κ2) is 5.27. The number of carbonyl (C=O) groups is 1. The zero-order chi connectivity index (χ0) is 13.1. The third kappa shape index (κ3) is 3.52. The summed E-state index contributed by atoms with van der Waals surface area (Å²) in [7, 11) is 0. The first kappa shape index (κ1) is 13.6. The SMILES string of the molecule is C#CC1CCC(CC=C)N1C(=O)OC(C)(C)C. The van der Waals surface area contributed by atoms with Crippen LogP contribution in [0.2, 0.25) is 0 Å². The van der Waals surface area contributed by atoms with Gasteiger partial charge in [0.1, 0.15) is 5.60 Å². The summed E-state index contributed by atoms with van der Waals surface area (Å²) in [5.74, 6) is 2.66. The smallest absolute Gasteiger partial charge is 0.411 e. The summed E-state index contributed by atoms with van der Waals surface area (Å²) in [6.45, 7) is 9.28. The molecule has 17 heavy (non-hydrogen) atoms. The Morgan fingerprint density at radius 3 is 2.71 bits per heavy atom. The van der Waals surface area contributed by atoms with Gasteiger partial charge in [-0.1, -0.05) is 12.0 Å². The van der Waals surface area contributed by atoms with Crippen molar-refractivity contribution in [3.63, 3.8) is 0 Å². The van der Waals surface area contributed by atoms with E-state index >= 15 is 0 Å². The second-order valence-corrected chi connectivity index (χ2v) is 5.33. The fraction of sp³-hybridized carbons (Fsp3) is 0.643. The highest BCUT2D eigenvalue weighted by Gasteiger charge is 2.37. The molecule has 1 heterocycles. The highest BCUT2D eigenvalue weighted by atomic mass is 16.6. The van der Waals surface area contributed by atoms with Crippen LogP contribution in [0, 0.1) is 12.3 Å². The molecule has 1 aliphatic heterocycles. The van der Waals surface area contributed by atoms with Crippen molar-refractivity contribution in [2.75, 3.05) is 0 Å². The third-order valence-corrected chi connectivity index (χ3v) is 2.74. The van der Waals surface area contributed by atoms with Crippen molar-refractivity contribution in [1.29, 1.82) is 0 Å². The quantitative estimate of drug-likeness (QED) is 0.544. The number of rotatable bonds is 2. The van der Waals surface area contributed by atoms with Crippen LogP contribution in [0.4, 0.5) is 4.79 Å². The Labute approximate surface area is 104 Å². The summed E-state index contributed by atoms with van der Waals surface area (Å²) in [6.07, 6.45) is 9.48. The van der Waals surface area contributed by atoms with Crippen LogP contribution in [0.1, 0.15) is 40.0 Å². The van der Waals surface area contributed by atoms with E-state index in [0.29, 0.717) is 0 Å². The molecule has 1 fully saturated rings. The Hall–Kier alpha value is -1.43. The van der Waals surface area contributed by atoms with Crippen LogP contribution in [0.25, 0.3) is 0 Å². The molecule has 3 heteroatoms. The zero-order valence-corrected chi connectivity index (χ0v) is 10.9. The van der Waals surface area contributed by atoms with Crippen molar-refractivity contribution in [3.8, 4) is 12.3 Å². The molecule has 0 radical (unpaired) electrons. The number of nitrogens with zero attached hydrogens (tertiary/aromatic N) is 1. The number of hydrogen-bond donors (Lipinski definition) is 0. The summed E-state index contributed by atoms with van der Waals surface area (Å²) in [5, 5.41) is 0. The molecule has 94 valence electrons. The summed E-state index contributed by atoms with van der Waals surface area (Å²) in [6, 6.07) is -0.0156. The van der Waals surface area contributed by atoms with E-state index in [2.05, 4.69) is 12.5 Å². The number of ether oxygens (including phenoxy) is 1. The van der Waals surface area contributed by atoms with Crippen LogP contribution in [-0.2, 0) is 4.74 Å². The lowest BCUT2D eigenvalue weighted by Gasteiger charge is -2.30. The lowest BCUT2D eigenvalue weighted by molar-refractivity contribution is 0.0189. The first-order valence-corrected chi connectivity index (χ1v) is 5.97. The van der Waals surface area contributed by atoms with Gasteiger partial charge in [0, 0.05) is 6.04 Å². The van der Waals surface area contributed by atoms with E-state index in [-0.39, 0.29) is 18.2 Å². The van der Waals surface area contributed by atoms with Gasteiger partial charge in [0.05, 0.1) is 6.04 Å². The van der Waals surface area contributed by atoms with Gasteiger partial charge in [-0.25, -0.2) is 4.79 Å². The van der Waals surface area contributed by atoms with Gasteiger partial charge < -0.3 is 4.74 Å². The van der Waals surface area contributed by atoms with Gasteiger partial charge in [-0.2, -0.15) is 0 Å². The molecule has 0 aliphatic carbocycles. The molecular weight excluding hydrogens is 214 g/mol. The van der Waals surface area contributed by atoms with Crippen LogP contribution < -0.4 is 0 Å². The molecule has 0 aromatic rings. The number of amides is 1. The minimum atomic E-state index is -0.489. The molecule has 0 saturated carbocycles. The van der Waals surface area contributed by atoms with Gasteiger partial charge in [0.25, 0.3) is 0 Å². The molecule has 0 bridgehead atoms. The first-order chi connectivity index (χ1) is 7.89. The molecule has 0 aromatic heterocycles. The number of carbonyl (C=O) groups excluding carboxylic acids is 1. The van der Waals surface area contributed by atoms with E-state index in [1.165, 1.54) is 0 Å². The van der Waals surface area contributed by atoms with Gasteiger partial charge >= 0.3 is 6.09 Å². The van der Waals surface area contributed by atoms with Crippen molar-refractivity contribution >= 4 is 6.09 Å². The Bertz CT molecular complexity index is 335. The molecule has 2 unspecified atom stereocenters. The van der Waals surface area contributed by atoms with E-state index in [1.807, 2.05) is 26.8 Å². The van der Waals surface area contributed by atoms with Crippen molar-refractivity contribution in [2.45, 2.75) is 57.7 Å². The van der Waals surface area contributed by atoms with Gasteiger partial charge in [0.2, 0.25) is 0 Å². The summed E-state index contributed by atoms with van der Waals surface area (Å²) < 4.78 is 5.39. The van der Waals surface area contributed by atoms with Crippen LogP contribution in [0.15, 0.2) is 12.7 Å². The van der Waals surface area contributed by atoms with E-state index < -0.39 is 5.60 Å². The largest absolute Gasteiger partial charge is 0.444 e. The minimum absolute atomic E-state index is 0.128. The van der Waals surface area contributed by atoms with Crippen molar-refractivity contribution in [2.24, 2.45) is 0 Å². The highest BCUT2D eigenvalue weighted by Crippen LogP contribution is 2.28. The number of terminal acetylenes is 1. The Balaban J connectivity index is 2.78. The number of likely N-dealkylation sites (tertiary alicyclic amines) is 1. The summed E-state index contributed by atoms with van der Waals surface area (Å²) in [4.78, 5) is 13.8. The maximum absolute atomic E-state index is 12.1. The molecular formula is C14H21NO2. The lowest BCUT2D eigenvalue weighted by Crippen LogP contribution is -2.43. The Kier molecular flexibility index (Phi) is 4.22. The van der Waals surface area contributed by atoms with E-state index in [1.54, 1.807) is 4.90 Å². The molecule has 3 nitrogen and oxygen atoms in total. The normalized spacial score (nSPS) is 24.2. The monoisotopic (exact) mass is 235 g/mol.